The summed E-state index contributed by atoms with van der Waals surface area (Å²) in [6, 6.07) is 10.2. The fraction of sp³-hybridized carbons (Fsp3) is 0.105. The summed E-state index contributed by atoms with van der Waals surface area (Å²) in [5.41, 5.74) is 0.960. The minimum absolute atomic E-state index is 0.0918. The van der Waals surface area contributed by atoms with Gasteiger partial charge in [0.25, 0.3) is 5.56 Å². The van der Waals surface area contributed by atoms with Crippen molar-refractivity contribution in [2.75, 3.05) is 0 Å². The summed E-state index contributed by atoms with van der Waals surface area (Å²) in [5.74, 6) is 1.09. The van der Waals surface area contributed by atoms with Gasteiger partial charge in [0.2, 0.25) is 5.78 Å². The number of furan rings is 1. The Balaban J connectivity index is 2.00. The topological polar surface area (TPSA) is 99.6 Å². The lowest BCUT2D eigenvalue weighted by atomic mass is 10.2. The van der Waals surface area contributed by atoms with Gasteiger partial charge >= 0.3 is 5.69 Å². The van der Waals surface area contributed by atoms with Crippen LogP contribution in [0.15, 0.2) is 62.9 Å². The van der Waals surface area contributed by atoms with Gasteiger partial charge in [0.1, 0.15) is 11.4 Å². The van der Waals surface area contributed by atoms with E-state index in [0.717, 1.165) is 4.57 Å². The third-order valence-corrected chi connectivity index (χ3v) is 4.83. The van der Waals surface area contributed by atoms with E-state index in [1.807, 2.05) is 6.07 Å². The van der Waals surface area contributed by atoms with Crippen molar-refractivity contribution in [3.8, 4) is 22.9 Å². The molecule has 0 radical (unpaired) electrons. The molecule has 0 fully saturated rings. The minimum Gasteiger partial charge on any atom is -0.508 e. The first-order chi connectivity index (χ1) is 13.5. The van der Waals surface area contributed by atoms with E-state index in [2.05, 4.69) is 4.98 Å². The Hall–Kier alpha value is -4.01. The number of hydrogen-bond acceptors (Lipinski definition) is 5. The smallest absolute Gasteiger partial charge is 0.332 e. The number of aromatic nitrogens is 5. The summed E-state index contributed by atoms with van der Waals surface area (Å²) in [7, 11) is 3.01. The van der Waals surface area contributed by atoms with Crippen LogP contribution in [0, 0.1) is 0 Å². The Bertz CT molecular complexity index is 1480. The Morgan fingerprint density at radius 3 is 2.61 bits per heavy atom. The van der Waals surface area contributed by atoms with E-state index >= 15 is 0 Å². The van der Waals surface area contributed by atoms with Gasteiger partial charge in [0.15, 0.2) is 16.9 Å². The van der Waals surface area contributed by atoms with Gasteiger partial charge in [0.05, 0.1) is 12.0 Å². The molecule has 4 aromatic heterocycles. The summed E-state index contributed by atoms with van der Waals surface area (Å²) < 4.78 is 11.3. The molecule has 0 aliphatic heterocycles. The largest absolute Gasteiger partial charge is 0.508 e. The summed E-state index contributed by atoms with van der Waals surface area (Å²) in [6.45, 7) is 0. The average Bonchev–Trinajstić information content (AvgIpc) is 3.39. The van der Waals surface area contributed by atoms with Crippen molar-refractivity contribution in [1.82, 2.24) is 23.1 Å². The molecule has 0 atom stereocenters. The van der Waals surface area contributed by atoms with Gasteiger partial charge in [-0.3, -0.25) is 22.9 Å². The zero-order valence-corrected chi connectivity index (χ0v) is 15.0. The number of hydrogen-bond donors (Lipinski definition) is 1. The second-order valence-electron chi connectivity index (χ2n) is 6.51. The first-order valence-electron chi connectivity index (χ1n) is 8.50. The van der Waals surface area contributed by atoms with Crippen molar-refractivity contribution < 1.29 is 9.52 Å². The molecule has 0 aliphatic rings. The molecule has 140 valence electrons. The van der Waals surface area contributed by atoms with Crippen LogP contribution in [-0.4, -0.2) is 28.2 Å². The Kier molecular flexibility index (Phi) is 3.17. The van der Waals surface area contributed by atoms with Gasteiger partial charge in [-0.2, -0.15) is 4.98 Å². The van der Waals surface area contributed by atoms with Crippen LogP contribution in [0.2, 0.25) is 0 Å². The first-order valence-corrected chi connectivity index (χ1v) is 8.50. The van der Waals surface area contributed by atoms with Crippen LogP contribution in [0.25, 0.3) is 34.1 Å². The number of imidazole rings is 2. The Morgan fingerprint density at radius 1 is 1.07 bits per heavy atom. The van der Waals surface area contributed by atoms with E-state index in [-0.39, 0.29) is 16.9 Å². The normalized spacial score (nSPS) is 11.6. The third-order valence-electron chi connectivity index (χ3n) is 4.83. The maximum atomic E-state index is 12.8. The molecule has 0 unspecified atom stereocenters. The van der Waals surface area contributed by atoms with E-state index in [0.29, 0.717) is 22.9 Å². The molecule has 28 heavy (non-hydrogen) atoms. The summed E-state index contributed by atoms with van der Waals surface area (Å²) in [6.07, 6.45) is 3.29. The molecule has 0 saturated carbocycles. The van der Waals surface area contributed by atoms with E-state index in [1.54, 1.807) is 58.8 Å². The molecule has 0 saturated heterocycles. The maximum absolute atomic E-state index is 12.8. The van der Waals surface area contributed by atoms with Crippen molar-refractivity contribution in [2.45, 2.75) is 0 Å². The van der Waals surface area contributed by atoms with Crippen LogP contribution in [0.5, 0.6) is 5.75 Å². The number of nitrogens with zero attached hydrogens (tertiary/aromatic N) is 5. The molecule has 9 heteroatoms. The number of fused-ring (bicyclic) bond motifs is 3. The monoisotopic (exact) mass is 377 g/mol. The predicted molar refractivity (Wildman–Crippen MR) is 102 cm³/mol. The molecule has 1 aromatic carbocycles. The summed E-state index contributed by atoms with van der Waals surface area (Å²) in [5, 5.41) is 9.94. The number of benzene rings is 1. The first kappa shape index (κ1) is 16.2. The van der Waals surface area contributed by atoms with Crippen molar-refractivity contribution in [1.29, 1.82) is 0 Å². The highest BCUT2D eigenvalue weighted by molar-refractivity contribution is 5.78. The lowest BCUT2D eigenvalue weighted by molar-refractivity contribution is 0.475. The van der Waals surface area contributed by atoms with Crippen LogP contribution in [0.4, 0.5) is 0 Å². The molecule has 0 amide bonds. The second-order valence-corrected chi connectivity index (χ2v) is 6.51. The zero-order valence-electron chi connectivity index (χ0n) is 15.0. The predicted octanol–water partition coefficient (Wildman–Crippen LogP) is 1.64. The zero-order chi connectivity index (χ0) is 19.6. The lowest BCUT2D eigenvalue weighted by Gasteiger charge is -2.07. The van der Waals surface area contributed by atoms with Gasteiger partial charge in [0, 0.05) is 26.4 Å². The summed E-state index contributed by atoms with van der Waals surface area (Å²) in [4.78, 5) is 29.6. The van der Waals surface area contributed by atoms with Crippen LogP contribution >= 0.6 is 0 Å². The van der Waals surface area contributed by atoms with Gasteiger partial charge in [-0.1, -0.05) is 6.07 Å². The average molecular weight is 377 g/mol. The van der Waals surface area contributed by atoms with Crippen LogP contribution in [-0.2, 0) is 14.1 Å². The molecule has 1 N–H and O–H groups in total. The molecule has 0 aliphatic carbocycles. The fourth-order valence-electron chi connectivity index (χ4n) is 3.46. The highest BCUT2D eigenvalue weighted by Crippen LogP contribution is 2.30. The van der Waals surface area contributed by atoms with Crippen molar-refractivity contribution >= 4 is 16.9 Å². The Morgan fingerprint density at radius 2 is 1.89 bits per heavy atom. The lowest BCUT2D eigenvalue weighted by Crippen LogP contribution is -2.37. The van der Waals surface area contributed by atoms with Crippen molar-refractivity contribution in [2.24, 2.45) is 14.1 Å². The van der Waals surface area contributed by atoms with Crippen LogP contribution < -0.4 is 11.2 Å². The molecule has 0 bridgehead atoms. The quantitative estimate of drug-likeness (QED) is 0.504. The molecular weight excluding hydrogens is 362 g/mol. The summed E-state index contributed by atoms with van der Waals surface area (Å²) >= 11 is 0. The van der Waals surface area contributed by atoms with Gasteiger partial charge < -0.3 is 9.52 Å². The number of rotatable bonds is 2. The minimum atomic E-state index is -0.451. The molecule has 0 spiro atoms. The van der Waals surface area contributed by atoms with E-state index in [4.69, 9.17) is 4.42 Å². The van der Waals surface area contributed by atoms with Crippen molar-refractivity contribution in [3.05, 3.63) is 69.7 Å². The number of phenolic OH excluding ortho intramolecular Hbond substituents is 1. The van der Waals surface area contributed by atoms with E-state index < -0.39 is 11.2 Å². The molecule has 5 aromatic rings. The van der Waals surface area contributed by atoms with Crippen molar-refractivity contribution in [3.63, 3.8) is 0 Å². The second kappa shape index (κ2) is 5.49. The van der Waals surface area contributed by atoms with Gasteiger partial charge in [-0.05, 0) is 24.3 Å². The van der Waals surface area contributed by atoms with Crippen LogP contribution in [0.1, 0.15) is 0 Å². The molecule has 9 nitrogen and oxygen atoms in total. The van der Waals surface area contributed by atoms with Gasteiger partial charge in [-0.15, -0.1) is 0 Å². The Labute approximate surface area is 156 Å². The molecular formula is C19H15N5O4. The highest BCUT2D eigenvalue weighted by Gasteiger charge is 2.22. The van der Waals surface area contributed by atoms with E-state index in [1.165, 1.54) is 11.6 Å². The fourth-order valence-corrected chi connectivity index (χ4v) is 3.46. The van der Waals surface area contributed by atoms with E-state index in [9.17, 15) is 14.7 Å². The van der Waals surface area contributed by atoms with Gasteiger partial charge in [-0.25, -0.2) is 4.79 Å². The molecule has 5 rings (SSSR count). The standard InChI is InChI=1S/C19H15N5O4/c1-21-16-15(17(26)22(2)19(21)27)23-10-13(14-7-4-8-28-14)24(18(23)20-16)11-5-3-6-12(25)9-11/h3-10,25H,1-2H3. The maximum Gasteiger partial charge on any atom is 0.332 e. The van der Waals surface area contributed by atoms with Crippen LogP contribution in [0.3, 0.4) is 0 Å². The third kappa shape index (κ3) is 2.04. The molecule has 4 heterocycles. The SMILES string of the molecule is Cn1c(=O)c2c(nc3n(-c4cccc(O)c4)c(-c4ccco4)cn23)n(C)c1=O. The number of phenols is 1. The number of aryl methyl sites for hydroxylation is 1. The number of aromatic hydroxyl groups is 1. The highest BCUT2D eigenvalue weighted by atomic mass is 16.3.